The SMILES string of the molecule is COc1ccc2c(c1)OC[C@H](C(=O)NC1CCN(CC3CC3)CC1)C2. The number of likely N-dealkylation sites (tertiary alicyclic amines) is 1. The van der Waals surface area contributed by atoms with E-state index >= 15 is 0 Å². The van der Waals surface area contributed by atoms with Crippen LogP contribution < -0.4 is 14.8 Å². The molecule has 5 heteroatoms. The van der Waals surface area contributed by atoms with Gasteiger partial charge < -0.3 is 19.7 Å². The molecule has 25 heavy (non-hydrogen) atoms. The zero-order chi connectivity index (χ0) is 17.2. The molecule has 1 aromatic rings. The second-order valence-corrected chi connectivity index (χ2v) is 7.71. The molecule has 1 saturated carbocycles. The highest BCUT2D eigenvalue weighted by Gasteiger charge is 2.30. The minimum absolute atomic E-state index is 0.0922. The second-order valence-electron chi connectivity index (χ2n) is 7.71. The lowest BCUT2D eigenvalue weighted by molar-refractivity contribution is -0.127. The molecule has 4 rings (SSSR count). The number of carbonyl (C=O) groups is 1. The first kappa shape index (κ1) is 16.7. The molecule has 3 aliphatic rings. The van der Waals surface area contributed by atoms with Crippen LogP contribution in [0.1, 0.15) is 31.2 Å². The smallest absolute Gasteiger partial charge is 0.227 e. The van der Waals surface area contributed by atoms with Gasteiger partial charge in [-0.2, -0.15) is 0 Å². The Balaban J connectivity index is 1.27. The summed E-state index contributed by atoms with van der Waals surface area (Å²) < 4.78 is 11.0. The largest absolute Gasteiger partial charge is 0.497 e. The summed E-state index contributed by atoms with van der Waals surface area (Å²) in [6.07, 6.45) is 5.70. The summed E-state index contributed by atoms with van der Waals surface area (Å²) in [4.78, 5) is 15.2. The number of nitrogens with zero attached hydrogens (tertiary/aromatic N) is 1. The van der Waals surface area contributed by atoms with Crippen molar-refractivity contribution in [3.05, 3.63) is 23.8 Å². The van der Waals surface area contributed by atoms with Crippen molar-refractivity contribution >= 4 is 5.91 Å². The van der Waals surface area contributed by atoms with E-state index in [1.165, 1.54) is 19.4 Å². The lowest BCUT2D eigenvalue weighted by Gasteiger charge is -2.33. The Morgan fingerprint density at radius 2 is 2.08 bits per heavy atom. The molecule has 1 N–H and O–H groups in total. The third-order valence-electron chi connectivity index (χ3n) is 5.70. The first-order valence-electron chi connectivity index (χ1n) is 9.53. The molecule has 0 radical (unpaired) electrons. The maximum atomic E-state index is 12.6. The fourth-order valence-corrected chi connectivity index (χ4v) is 3.89. The maximum Gasteiger partial charge on any atom is 0.227 e. The van der Waals surface area contributed by atoms with E-state index in [2.05, 4.69) is 10.2 Å². The lowest BCUT2D eigenvalue weighted by Crippen LogP contribution is -2.48. The van der Waals surface area contributed by atoms with Crippen LogP contribution in [-0.2, 0) is 11.2 Å². The summed E-state index contributed by atoms with van der Waals surface area (Å²) in [5.41, 5.74) is 1.09. The summed E-state index contributed by atoms with van der Waals surface area (Å²) in [5, 5.41) is 3.26. The van der Waals surface area contributed by atoms with Crippen molar-refractivity contribution in [1.29, 1.82) is 0 Å². The predicted molar refractivity (Wildman–Crippen MR) is 96.0 cm³/mol. The molecule has 2 fully saturated rings. The molecule has 1 atom stereocenters. The van der Waals surface area contributed by atoms with Gasteiger partial charge in [0.2, 0.25) is 5.91 Å². The number of carbonyl (C=O) groups excluding carboxylic acids is 1. The fourth-order valence-electron chi connectivity index (χ4n) is 3.89. The van der Waals surface area contributed by atoms with Gasteiger partial charge in [-0.1, -0.05) is 6.07 Å². The highest BCUT2D eigenvalue weighted by molar-refractivity contribution is 5.80. The van der Waals surface area contributed by atoms with E-state index in [-0.39, 0.29) is 11.8 Å². The fraction of sp³-hybridized carbons (Fsp3) is 0.650. The Kier molecular flexibility index (Phi) is 4.84. The summed E-state index contributed by atoms with van der Waals surface area (Å²) in [6, 6.07) is 6.15. The number of ether oxygens (including phenoxy) is 2. The molecule has 2 heterocycles. The van der Waals surface area contributed by atoms with Crippen molar-refractivity contribution in [2.45, 2.75) is 38.1 Å². The topological polar surface area (TPSA) is 50.8 Å². The van der Waals surface area contributed by atoms with E-state index in [0.717, 1.165) is 55.3 Å². The van der Waals surface area contributed by atoms with Crippen LogP contribution in [0.5, 0.6) is 11.5 Å². The maximum absolute atomic E-state index is 12.6. The molecule has 0 spiro atoms. The summed E-state index contributed by atoms with van der Waals surface area (Å²) >= 11 is 0. The van der Waals surface area contributed by atoms with Crippen molar-refractivity contribution in [3.63, 3.8) is 0 Å². The van der Waals surface area contributed by atoms with Crippen LogP contribution in [0, 0.1) is 11.8 Å². The summed E-state index contributed by atoms with van der Waals surface area (Å²) in [6.45, 7) is 3.94. The van der Waals surface area contributed by atoms with Gasteiger partial charge in [-0.3, -0.25) is 4.79 Å². The zero-order valence-corrected chi connectivity index (χ0v) is 15.0. The van der Waals surface area contributed by atoms with E-state index in [4.69, 9.17) is 9.47 Å². The number of amides is 1. The highest BCUT2D eigenvalue weighted by Crippen LogP contribution is 2.32. The molecule has 2 aliphatic heterocycles. The van der Waals surface area contributed by atoms with Crippen LogP contribution in [0.15, 0.2) is 18.2 Å². The van der Waals surface area contributed by atoms with Crippen molar-refractivity contribution in [1.82, 2.24) is 10.2 Å². The molecule has 1 saturated heterocycles. The van der Waals surface area contributed by atoms with Gasteiger partial charge in [0.05, 0.1) is 13.0 Å². The lowest BCUT2D eigenvalue weighted by atomic mass is 9.95. The predicted octanol–water partition coefficient (Wildman–Crippen LogP) is 2.24. The van der Waals surface area contributed by atoms with E-state index in [1.54, 1.807) is 7.11 Å². The monoisotopic (exact) mass is 344 g/mol. The average Bonchev–Trinajstić information content (AvgIpc) is 3.46. The van der Waals surface area contributed by atoms with Crippen LogP contribution >= 0.6 is 0 Å². The number of hydrogen-bond acceptors (Lipinski definition) is 4. The quantitative estimate of drug-likeness (QED) is 0.890. The molecule has 0 unspecified atom stereocenters. The van der Waals surface area contributed by atoms with Crippen LogP contribution in [0.2, 0.25) is 0 Å². The molecule has 1 aromatic carbocycles. The van der Waals surface area contributed by atoms with Gasteiger partial charge in [0.25, 0.3) is 0 Å². The van der Waals surface area contributed by atoms with Crippen molar-refractivity contribution in [2.24, 2.45) is 11.8 Å². The summed E-state index contributed by atoms with van der Waals surface area (Å²) in [7, 11) is 1.65. The van der Waals surface area contributed by atoms with E-state index in [1.807, 2.05) is 18.2 Å². The third-order valence-corrected chi connectivity index (χ3v) is 5.70. The van der Waals surface area contributed by atoms with Gasteiger partial charge in [-0.15, -0.1) is 0 Å². The Hall–Kier alpha value is -1.75. The minimum atomic E-state index is -0.0922. The number of methoxy groups -OCH3 is 1. The van der Waals surface area contributed by atoms with Gasteiger partial charge in [0.15, 0.2) is 0 Å². The Labute approximate surface area is 149 Å². The van der Waals surface area contributed by atoms with Crippen molar-refractivity contribution in [3.8, 4) is 11.5 Å². The Bertz CT molecular complexity index is 621. The Morgan fingerprint density at radius 1 is 1.28 bits per heavy atom. The van der Waals surface area contributed by atoms with Crippen LogP contribution in [-0.4, -0.2) is 50.2 Å². The number of piperidine rings is 1. The highest BCUT2D eigenvalue weighted by atomic mass is 16.5. The van der Waals surface area contributed by atoms with Gasteiger partial charge in [-0.25, -0.2) is 0 Å². The van der Waals surface area contributed by atoms with Gasteiger partial charge >= 0.3 is 0 Å². The molecular formula is C20H28N2O3. The first-order valence-corrected chi connectivity index (χ1v) is 9.53. The molecule has 136 valence electrons. The average molecular weight is 344 g/mol. The molecule has 5 nitrogen and oxygen atoms in total. The zero-order valence-electron chi connectivity index (χ0n) is 15.0. The number of nitrogens with one attached hydrogen (secondary N) is 1. The minimum Gasteiger partial charge on any atom is -0.497 e. The standard InChI is InChI=1S/C20H28N2O3/c1-24-18-5-4-15-10-16(13-25-19(15)11-18)20(23)21-17-6-8-22(9-7-17)12-14-2-3-14/h4-5,11,14,16-17H,2-3,6-10,12-13H2,1H3,(H,21,23)/t16-/m1/s1. The number of fused-ring (bicyclic) bond motifs is 1. The van der Waals surface area contributed by atoms with Crippen LogP contribution in [0.4, 0.5) is 0 Å². The van der Waals surface area contributed by atoms with Crippen molar-refractivity contribution in [2.75, 3.05) is 33.4 Å². The summed E-state index contributed by atoms with van der Waals surface area (Å²) in [5.74, 6) is 2.63. The number of hydrogen-bond donors (Lipinski definition) is 1. The van der Waals surface area contributed by atoms with E-state index < -0.39 is 0 Å². The van der Waals surface area contributed by atoms with Crippen LogP contribution in [0.25, 0.3) is 0 Å². The second kappa shape index (κ2) is 7.24. The Morgan fingerprint density at radius 3 is 2.80 bits per heavy atom. The molecule has 1 amide bonds. The molecule has 0 bridgehead atoms. The van der Waals surface area contributed by atoms with Gasteiger partial charge in [-0.05, 0) is 49.7 Å². The van der Waals surface area contributed by atoms with Gasteiger partial charge in [0, 0.05) is 31.7 Å². The van der Waals surface area contributed by atoms with E-state index in [0.29, 0.717) is 12.6 Å². The number of rotatable bonds is 5. The third kappa shape index (κ3) is 4.09. The van der Waals surface area contributed by atoms with Gasteiger partial charge in [0.1, 0.15) is 18.1 Å². The molecule has 0 aromatic heterocycles. The van der Waals surface area contributed by atoms with Crippen LogP contribution in [0.3, 0.4) is 0 Å². The molecule has 1 aliphatic carbocycles. The normalized spacial score (nSPS) is 24.3. The first-order chi connectivity index (χ1) is 12.2. The molecular weight excluding hydrogens is 316 g/mol. The van der Waals surface area contributed by atoms with Crippen molar-refractivity contribution < 1.29 is 14.3 Å². The van der Waals surface area contributed by atoms with E-state index in [9.17, 15) is 4.79 Å². The number of benzene rings is 1.